The number of nitrogens with one attached hydrogen (secondary N) is 2. The Morgan fingerprint density at radius 3 is 2.83 bits per heavy atom. The second kappa shape index (κ2) is 10.8. The van der Waals surface area contributed by atoms with E-state index in [4.69, 9.17) is 16.1 Å². The van der Waals surface area contributed by atoms with Crippen LogP contribution in [0.15, 0.2) is 39.8 Å². The first-order valence-electron chi connectivity index (χ1n) is 10.2. The van der Waals surface area contributed by atoms with Gasteiger partial charge in [-0.05, 0) is 45.4 Å². The molecule has 2 N–H and O–H groups in total. The molecule has 0 spiro atoms. The summed E-state index contributed by atoms with van der Waals surface area (Å²) in [6.45, 7) is 9.13. The van der Waals surface area contributed by atoms with Gasteiger partial charge in [-0.1, -0.05) is 28.9 Å². The topological polar surface area (TPSA) is 93.2 Å². The molecule has 0 aliphatic heterocycles. The molecule has 160 valence electrons. The molecule has 3 rings (SSSR count). The lowest BCUT2D eigenvalue weighted by Gasteiger charge is -2.10. The van der Waals surface area contributed by atoms with Crippen LogP contribution in [-0.4, -0.2) is 45.5 Å². The highest BCUT2D eigenvalue weighted by Gasteiger charge is 2.09. The zero-order valence-corrected chi connectivity index (χ0v) is 18.4. The standard InChI is InChI=1S/C21H28ClN7O/c1-4-23-21(24-10-6-12-29-16(3)13-15(2)27-29)25-11-9-19-26-20(28-30-19)17-7-5-8-18(22)14-17/h5,7-8,13-14H,4,6,9-12H2,1-3H3,(H2,23,24,25). The molecule has 0 bridgehead atoms. The third-order valence-electron chi connectivity index (χ3n) is 4.43. The lowest BCUT2D eigenvalue weighted by atomic mass is 10.2. The number of rotatable bonds is 9. The van der Waals surface area contributed by atoms with Gasteiger partial charge < -0.3 is 15.2 Å². The minimum absolute atomic E-state index is 0.539. The maximum atomic E-state index is 6.02. The molecule has 0 unspecified atom stereocenters. The Kier molecular flexibility index (Phi) is 7.84. The lowest BCUT2D eigenvalue weighted by Crippen LogP contribution is -2.38. The highest BCUT2D eigenvalue weighted by Crippen LogP contribution is 2.19. The van der Waals surface area contributed by atoms with Crippen LogP contribution < -0.4 is 10.6 Å². The molecule has 1 aromatic carbocycles. The van der Waals surface area contributed by atoms with E-state index in [2.05, 4.69) is 43.9 Å². The van der Waals surface area contributed by atoms with Crippen molar-refractivity contribution in [2.24, 2.45) is 4.99 Å². The molecule has 0 aliphatic carbocycles. The first-order valence-corrected chi connectivity index (χ1v) is 10.5. The van der Waals surface area contributed by atoms with E-state index in [1.54, 1.807) is 0 Å². The van der Waals surface area contributed by atoms with E-state index in [-0.39, 0.29) is 0 Å². The van der Waals surface area contributed by atoms with Crippen LogP contribution in [0.25, 0.3) is 11.4 Å². The Hall–Kier alpha value is -2.87. The van der Waals surface area contributed by atoms with Crippen molar-refractivity contribution < 1.29 is 4.52 Å². The number of aliphatic imine (C=N–C) groups is 1. The van der Waals surface area contributed by atoms with Gasteiger partial charge in [-0.3, -0.25) is 9.67 Å². The Morgan fingerprint density at radius 2 is 2.10 bits per heavy atom. The molecule has 9 heteroatoms. The lowest BCUT2D eigenvalue weighted by molar-refractivity contribution is 0.378. The average molecular weight is 430 g/mol. The Bertz CT molecular complexity index is 979. The zero-order chi connectivity index (χ0) is 21.3. The number of nitrogens with zero attached hydrogens (tertiary/aromatic N) is 5. The number of guanidine groups is 1. The molecule has 30 heavy (non-hydrogen) atoms. The molecular weight excluding hydrogens is 402 g/mol. The molecule has 0 saturated carbocycles. The average Bonchev–Trinajstić information content (AvgIpc) is 3.31. The minimum atomic E-state index is 0.539. The largest absolute Gasteiger partial charge is 0.357 e. The van der Waals surface area contributed by atoms with Gasteiger partial charge in [-0.2, -0.15) is 10.1 Å². The van der Waals surface area contributed by atoms with E-state index in [0.29, 0.717) is 36.2 Å². The monoisotopic (exact) mass is 429 g/mol. The maximum absolute atomic E-state index is 6.02. The van der Waals surface area contributed by atoms with E-state index in [1.165, 1.54) is 5.69 Å². The Balaban J connectivity index is 1.46. The van der Waals surface area contributed by atoms with Gasteiger partial charge in [0.25, 0.3) is 0 Å². The van der Waals surface area contributed by atoms with E-state index >= 15 is 0 Å². The van der Waals surface area contributed by atoms with Gasteiger partial charge in [0, 0.05) is 48.9 Å². The van der Waals surface area contributed by atoms with Gasteiger partial charge in [0.1, 0.15) is 0 Å². The van der Waals surface area contributed by atoms with Crippen molar-refractivity contribution in [3.8, 4) is 11.4 Å². The summed E-state index contributed by atoms with van der Waals surface area (Å²) in [6.07, 6.45) is 1.52. The van der Waals surface area contributed by atoms with E-state index in [0.717, 1.165) is 36.7 Å². The third-order valence-corrected chi connectivity index (χ3v) is 4.66. The first kappa shape index (κ1) is 21.8. The number of aryl methyl sites for hydroxylation is 3. The summed E-state index contributed by atoms with van der Waals surface area (Å²) >= 11 is 6.02. The number of aromatic nitrogens is 4. The quantitative estimate of drug-likeness (QED) is 0.307. The molecular formula is C21H28ClN7O. The van der Waals surface area contributed by atoms with Crippen LogP contribution in [0.5, 0.6) is 0 Å². The van der Waals surface area contributed by atoms with Crippen LogP contribution in [0.1, 0.15) is 30.6 Å². The Labute approximate surface area is 181 Å². The van der Waals surface area contributed by atoms with Crippen molar-refractivity contribution in [1.82, 2.24) is 30.6 Å². The fourth-order valence-corrected chi connectivity index (χ4v) is 3.23. The highest BCUT2D eigenvalue weighted by molar-refractivity contribution is 6.30. The predicted molar refractivity (Wildman–Crippen MR) is 119 cm³/mol. The first-order chi connectivity index (χ1) is 14.5. The van der Waals surface area contributed by atoms with Crippen LogP contribution in [0.3, 0.4) is 0 Å². The van der Waals surface area contributed by atoms with Crippen LogP contribution in [0, 0.1) is 13.8 Å². The third kappa shape index (κ3) is 6.32. The van der Waals surface area contributed by atoms with Gasteiger partial charge in [-0.15, -0.1) is 0 Å². The number of hydrogen-bond donors (Lipinski definition) is 2. The molecule has 8 nitrogen and oxygen atoms in total. The van der Waals surface area contributed by atoms with Crippen LogP contribution >= 0.6 is 11.6 Å². The molecule has 0 amide bonds. The predicted octanol–water partition coefficient (Wildman–Crippen LogP) is 3.39. The molecule has 3 aromatic rings. The van der Waals surface area contributed by atoms with Crippen LogP contribution in [0.4, 0.5) is 0 Å². The normalized spacial score (nSPS) is 11.7. The van der Waals surface area contributed by atoms with Crippen molar-refractivity contribution >= 4 is 17.6 Å². The fourth-order valence-electron chi connectivity index (χ4n) is 3.04. The maximum Gasteiger partial charge on any atom is 0.228 e. The SMILES string of the molecule is CCNC(=NCCCn1nc(C)cc1C)NCCc1nc(-c2cccc(Cl)c2)no1. The van der Waals surface area contributed by atoms with Crippen LogP contribution in [0.2, 0.25) is 5.02 Å². The van der Waals surface area contributed by atoms with Gasteiger partial charge in [0.15, 0.2) is 5.96 Å². The molecule has 0 fully saturated rings. The van der Waals surface area contributed by atoms with Gasteiger partial charge >= 0.3 is 0 Å². The van der Waals surface area contributed by atoms with Crippen molar-refractivity contribution in [2.45, 2.75) is 40.2 Å². The summed E-state index contributed by atoms with van der Waals surface area (Å²) in [5.74, 6) is 1.88. The fraction of sp³-hybridized carbons (Fsp3) is 0.429. The molecule has 0 aliphatic rings. The molecule has 2 heterocycles. The summed E-state index contributed by atoms with van der Waals surface area (Å²) in [4.78, 5) is 9.07. The van der Waals surface area contributed by atoms with Gasteiger partial charge in [0.2, 0.25) is 11.7 Å². The van der Waals surface area contributed by atoms with Crippen molar-refractivity contribution in [3.63, 3.8) is 0 Å². The number of hydrogen-bond acceptors (Lipinski definition) is 5. The molecule has 0 atom stereocenters. The summed E-state index contributed by atoms with van der Waals surface area (Å²) in [7, 11) is 0. The van der Waals surface area contributed by atoms with E-state index in [9.17, 15) is 0 Å². The smallest absolute Gasteiger partial charge is 0.228 e. The molecule has 0 saturated heterocycles. The summed E-state index contributed by atoms with van der Waals surface area (Å²) in [6, 6.07) is 9.49. The van der Waals surface area contributed by atoms with Gasteiger partial charge in [-0.25, -0.2) is 0 Å². The van der Waals surface area contributed by atoms with Crippen molar-refractivity contribution in [2.75, 3.05) is 19.6 Å². The number of benzene rings is 1. The number of halogens is 1. The van der Waals surface area contributed by atoms with Crippen LogP contribution in [-0.2, 0) is 13.0 Å². The molecule has 2 aromatic heterocycles. The minimum Gasteiger partial charge on any atom is -0.357 e. The zero-order valence-electron chi connectivity index (χ0n) is 17.7. The second-order valence-electron chi connectivity index (χ2n) is 6.96. The summed E-state index contributed by atoms with van der Waals surface area (Å²) in [5, 5.41) is 15.7. The highest BCUT2D eigenvalue weighted by atomic mass is 35.5. The summed E-state index contributed by atoms with van der Waals surface area (Å²) < 4.78 is 7.37. The van der Waals surface area contributed by atoms with E-state index < -0.39 is 0 Å². The van der Waals surface area contributed by atoms with Gasteiger partial charge in [0.05, 0.1) is 5.69 Å². The molecule has 0 radical (unpaired) electrons. The van der Waals surface area contributed by atoms with Crippen molar-refractivity contribution in [1.29, 1.82) is 0 Å². The Morgan fingerprint density at radius 1 is 1.23 bits per heavy atom. The summed E-state index contributed by atoms with van der Waals surface area (Å²) in [5.41, 5.74) is 3.06. The van der Waals surface area contributed by atoms with Crippen molar-refractivity contribution in [3.05, 3.63) is 52.6 Å². The second-order valence-corrected chi connectivity index (χ2v) is 7.40. The van der Waals surface area contributed by atoms with E-state index in [1.807, 2.05) is 42.8 Å².